The van der Waals surface area contributed by atoms with Crippen molar-refractivity contribution in [3.8, 4) is 0 Å². The summed E-state index contributed by atoms with van der Waals surface area (Å²) in [5.41, 5.74) is 0. The largest absolute Gasteiger partial charge is 0.395 e. The summed E-state index contributed by atoms with van der Waals surface area (Å²) in [5, 5.41) is 12.3. The second kappa shape index (κ2) is 11.8. The molecule has 3 nitrogen and oxygen atoms in total. The van der Waals surface area contributed by atoms with Crippen LogP contribution in [0, 0.1) is 0 Å². The highest BCUT2D eigenvalue weighted by atomic mass is 16.3. The number of rotatable bonds is 12. The van der Waals surface area contributed by atoms with E-state index < -0.39 is 0 Å². The Bertz CT molecular complexity index is 276. The number of β-amino-alcohol motifs (C(OH)–C–C–N with tert-alkyl or cyclic N) is 1. The number of nitrogens with zero attached hydrogens (tertiary/aromatic N) is 1. The van der Waals surface area contributed by atoms with E-state index in [0.29, 0.717) is 6.17 Å². The van der Waals surface area contributed by atoms with Gasteiger partial charge < -0.3 is 15.3 Å². The van der Waals surface area contributed by atoms with Crippen molar-refractivity contribution in [3.63, 3.8) is 0 Å². The minimum absolute atomic E-state index is 0.231. The molecule has 0 saturated heterocycles. The maximum Gasteiger partial charge on any atom is 0.0982 e. The molecule has 0 aromatic rings. The van der Waals surface area contributed by atoms with Crippen LogP contribution in [0.1, 0.15) is 64.7 Å². The Hall–Kier alpha value is -0.960. The zero-order chi connectivity index (χ0) is 14.5. The van der Waals surface area contributed by atoms with Crippen LogP contribution in [0.2, 0.25) is 0 Å². The van der Waals surface area contributed by atoms with E-state index in [0.717, 1.165) is 13.0 Å². The van der Waals surface area contributed by atoms with Gasteiger partial charge in [-0.2, -0.15) is 0 Å². The van der Waals surface area contributed by atoms with Crippen molar-refractivity contribution in [2.45, 2.75) is 70.9 Å². The topological polar surface area (TPSA) is 35.5 Å². The summed E-state index contributed by atoms with van der Waals surface area (Å²) in [6.45, 7) is 3.15. The highest BCUT2D eigenvalue weighted by Crippen LogP contribution is 2.14. The van der Waals surface area contributed by atoms with Gasteiger partial charge in [0.2, 0.25) is 0 Å². The van der Waals surface area contributed by atoms with E-state index in [-0.39, 0.29) is 6.61 Å². The fraction of sp³-hybridized carbons (Fsp3) is 0.765. The molecule has 1 atom stereocenters. The molecule has 0 aromatic carbocycles. The first-order valence-electron chi connectivity index (χ1n) is 8.32. The number of aliphatic hydroxyl groups is 1. The van der Waals surface area contributed by atoms with Gasteiger partial charge in [-0.3, -0.25) is 0 Å². The standard InChI is InChI=1S/C17H32N2O/c1-2-3-4-5-6-7-8-9-10-11-12-17-18-13-14-19(17)15-16-20/h3-4,13-14,17-18,20H,2,5-12,15-16H2,1H3/b4-3+. The minimum Gasteiger partial charge on any atom is -0.395 e. The molecule has 2 N–H and O–H groups in total. The molecule has 0 saturated carbocycles. The number of hydrogen-bond donors (Lipinski definition) is 2. The molecule has 0 amide bonds. The van der Waals surface area contributed by atoms with Crippen molar-refractivity contribution < 1.29 is 5.11 Å². The minimum atomic E-state index is 0.231. The van der Waals surface area contributed by atoms with Crippen LogP contribution in [-0.4, -0.2) is 29.3 Å². The average molecular weight is 280 g/mol. The summed E-state index contributed by atoms with van der Waals surface area (Å²) >= 11 is 0. The molecular weight excluding hydrogens is 248 g/mol. The quantitative estimate of drug-likeness (QED) is 0.422. The summed E-state index contributed by atoms with van der Waals surface area (Å²) in [7, 11) is 0. The normalized spacial score (nSPS) is 18.1. The molecule has 1 heterocycles. The fourth-order valence-corrected chi connectivity index (χ4v) is 2.64. The van der Waals surface area contributed by atoms with Crippen LogP contribution in [0.15, 0.2) is 24.6 Å². The van der Waals surface area contributed by atoms with E-state index in [1.54, 1.807) is 0 Å². The van der Waals surface area contributed by atoms with Crippen molar-refractivity contribution in [1.29, 1.82) is 0 Å². The summed E-state index contributed by atoms with van der Waals surface area (Å²) in [6.07, 6.45) is 20.7. The van der Waals surface area contributed by atoms with Crippen LogP contribution in [-0.2, 0) is 0 Å². The second-order valence-electron chi connectivity index (χ2n) is 5.54. The smallest absolute Gasteiger partial charge is 0.0982 e. The third-order valence-electron chi connectivity index (χ3n) is 3.81. The molecular formula is C17H32N2O. The molecule has 1 aliphatic rings. The zero-order valence-electron chi connectivity index (χ0n) is 13.1. The van der Waals surface area contributed by atoms with E-state index in [1.165, 1.54) is 51.4 Å². The Labute approximate surface area is 124 Å². The van der Waals surface area contributed by atoms with E-state index in [4.69, 9.17) is 5.11 Å². The van der Waals surface area contributed by atoms with Gasteiger partial charge in [0.1, 0.15) is 0 Å². The van der Waals surface area contributed by atoms with Crippen LogP contribution < -0.4 is 5.32 Å². The third kappa shape index (κ3) is 7.59. The highest BCUT2D eigenvalue weighted by molar-refractivity contribution is 4.93. The lowest BCUT2D eigenvalue weighted by Crippen LogP contribution is -2.36. The Morgan fingerprint density at radius 2 is 1.85 bits per heavy atom. The molecule has 0 aliphatic carbocycles. The van der Waals surface area contributed by atoms with E-state index >= 15 is 0 Å². The molecule has 0 radical (unpaired) electrons. The van der Waals surface area contributed by atoms with Crippen LogP contribution in [0.3, 0.4) is 0 Å². The van der Waals surface area contributed by atoms with E-state index in [2.05, 4.69) is 29.3 Å². The zero-order valence-corrected chi connectivity index (χ0v) is 13.1. The molecule has 20 heavy (non-hydrogen) atoms. The SMILES string of the molecule is CC/C=C/CCCCCCCCC1NC=CN1CCO. The predicted molar refractivity (Wildman–Crippen MR) is 86.2 cm³/mol. The van der Waals surface area contributed by atoms with Crippen molar-refractivity contribution in [2.24, 2.45) is 0 Å². The van der Waals surface area contributed by atoms with Crippen LogP contribution in [0.5, 0.6) is 0 Å². The maximum absolute atomic E-state index is 8.98. The summed E-state index contributed by atoms with van der Waals surface area (Å²) in [5.74, 6) is 0. The highest BCUT2D eigenvalue weighted by Gasteiger charge is 2.16. The molecule has 0 spiro atoms. The van der Waals surface area contributed by atoms with Gasteiger partial charge in [0.25, 0.3) is 0 Å². The average Bonchev–Trinajstić information content (AvgIpc) is 2.89. The molecule has 3 heteroatoms. The molecule has 0 aromatic heterocycles. The van der Waals surface area contributed by atoms with Crippen molar-refractivity contribution in [3.05, 3.63) is 24.6 Å². The lowest BCUT2D eigenvalue weighted by Gasteiger charge is -2.24. The number of hydrogen-bond acceptors (Lipinski definition) is 3. The lowest BCUT2D eigenvalue weighted by atomic mass is 10.1. The Morgan fingerprint density at radius 1 is 1.10 bits per heavy atom. The number of unbranched alkanes of at least 4 members (excludes halogenated alkanes) is 6. The first-order valence-corrected chi connectivity index (χ1v) is 8.32. The first-order chi connectivity index (χ1) is 9.88. The Balaban J connectivity index is 1.88. The van der Waals surface area contributed by atoms with Gasteiger partial charge in [-0.1, -0.05) is 44.8 Å². The molecule has 0 bridgehead atoms. The van der Waals surface area contributed by atoms with Gasteiger partial charge in [-0.25, -0.2) is 0 Å². The molecule has 1 unspecified atom stereocenters. The van der Waals surface area contributed by atoms with Gasteiger partial charge in [-0.05, 0) is 32.1 Å². The van der Waals surface area contributed by atoms with E-state index in [1.807, 2.05) is 12.4 Å². The van der Waals surface area contributed by atoms with Gasteiger partial charge in [0, 0.05) is 18.9 Å². The maximum atomic E-state index is 8.98. The van der Waals surface area contributed by atoms with Gasteiger partial charge >= 0.3 is 0 Å². The summed E-state index contributed by atoms with van der Waals surface area (Å²) < 4.78 is 0. The monoisotopic (exact) mass is 280 g/mol. The van der Waals surface area contributed by atoms with Gasteiger partial charge in [0.15, 0.2) is 0 Å². The Morgan fingerprint density at radius 3 is 2.60 bits per heavy atom. The third-order valence-corrected chi connectivity index (χ3v) is 3.81. The molecule has 1 aliphatic heterocycles. The number of aliphatic hydroxyl groups excluding tert-OH is 1. The Kier molecular flexibility index (Phi) is 10.1. The van der Waals surface area contributed by atoms with Crippen LogP contribution >= 0.6 is 0 Å². The van der Waals surface area contributed by atoms with E-state index in [9.17, 15) is 0 Å². The lowest BCUT2D eigenvalue weighted by molar-refractivity contribution is 0.194. The number of allylic oxidation sites excluding steroid dienone is 2. The number of nitrogens with one attached hydrogen (secondary N) is 1. The summed E-state index contributed by atoms with van der Waals surface area (Å²) in [6, 6.07) is 0. The van der Waals surface area contributed by atoms with Gasteiger partial charge in [0.05, 0.1) is 12.8 Å². The van der Waals surface area contributed by atoms with Crippen LogP contribution in [0.4, 0.5) is 0 Å². The van der Waals surface area contributed by atoms with Crippen molar-refractivity contribution >= 4 is 0 Å². The predicted octanol–water partition coefficient (Wildman–Crippen LogP) is 3.77. The molecule has 116 valence electrons. The summed E-state index contributed by atoms with van der Waals surface area (Å²) in [4.78, 5) is 2.19. The first kappa shape index (κ1) is 17.1. The second-order valence-corrected chi connectivity index (χ2v) is 5.54. The van der Waals surface area contributed by atoms with Crippen molar-refractivity contribution in [1.82, 2.24) is 10.2 Å². The molecule has 1 rings (SSSR count). The van der Waals surface area contributed by atoms with Crippen molar-refractivity contribution in [2.75, 3.05) is 13.2 Å². The van der Waals surface area contributed by atoms with Gasteiger partial charge in [-0.15, -0.1) is 0 Å². The fourth-order valence-electron chi connectivity index (χ4n) is 2.64. The van der Waals surface area contributed by atoms with Crippen LogP contribution in [0.25, 0.3) is 0 Å². The molecule has 0 fully saturated rings.